The van der Waals surface area contributed by atoms with Crippen molar-refractivity contribution in [2.24, 2.45) is 0 Å². The molecular formula is C17H16FNO5S. The Morgan fingerprint density at radius 1 is 1.04 bits per heavy atom. The second-order valence-electron chi connectivity index (χ2n) is 5.79. The van der Waals surface area contributed by atoms with Crippen LogP contribution in [0.25, 0.3) is 0 Å². The number of rotatable bonds is 3. The van der Waals surface area contributed by atoms with Gasteiger partial charge < -0.3 is 14.2 Å². The molecule has 0 radical (unpaired) electrons. The summed E-state index contributed by atoms with van der Waals surface area (Å²) in [5.74, 6) is 0.610. The lowest BCUT2D eigenvalue weighted by molar-refractivity contribution is -0.00258. The third kappa shape index (κ3) is 3.08. The van der Waals surface area contributed by atoms with Crippen molar-refractivity contribution in [3.8, 4) is 11.5 Å². The molecule has 2 aliphatic rings. The van der Waals surface area contributed by atoms with E-state index in [-0.39, 0.29) is 37.2 Å². The van der Waals surface area contributed by atoms with Gasteiger partial charge in [0.05, 0.1) is 17.6 Å². The molecule has 0 aliphatic carbocycles. The number of ether oxygens (including phenoxy) is 3. The van der Waals surface area contributed by atoms with Crippen molar-refractivity contribution in [2.45, 2.75) is 11.0 Å². The molecule has 0 N–H and O–H groups in total. The van der Waals surface area contributed by atoms with Crippen LogP contribution in [0.2, 0.25) is 0 Å². The molecular weight excluding hydrogens is 349 g/mol. The van der Waals surface area contributed by atoms with Gasteiger partial charge in [-0.2, -0.15) is 4.31 Å². The summed E-state index contributed by atoms with van der Waals surface area (Å²) in [4.78, 5) is 0.150. The molecule has 0 spiro atoms. The van der Waals surface area contributed by atoms with E-state index in [0.29, 0.717) is 11.5 Å². The maximum Gasteiger partial charge on any atom is 0.243 e. The van der Waals surface area contributed by atoms with Crippen molar-refractivity contribution in [2.75, 3.05) is 26.5 Å². The molecule has 1 fully saturated rings. The maximum absolute atomic E-state index is 13.1. The highest BCUT2D eigenvalue weighted by molar-refractivity contribution is 7.89. The van der Waals surface area contributed by atoms with Gasteiger partial charge in [-0.05, 0) is 29.8 Å². The van der Waals surface area contributed by atoms with E-state index in [2.05, 4.69) is 0 Å². The molecule has 0 saturated carbocycles. The summed E-state index contributed by atoms with van der Waals surface area (Å²) in [6.07, 6.45) is -0.432. The fraction of sp³-hybridized carbons (Fsp3) is 0.294. The lowest BCUT2D eigenvalue weighted by Crippen LogP contribution is -2.42. The monoisotopic (exact) mass is 365 g/mol. The van der Waals surface area contributed by atoms with E-state index >= 15 is 0 Å². The Kier molecular flexibility index (Phi) is 4.10. The number of sulfonamides is 1. The topological polar surface area (TPSA) is 65.1 Å². The van der Waals surface area contributed by atoms with Crippen molar-refractivity contribution in [1.82, 2.24) is 4.31 Å². The number of hydrogen-bond acceptors (Lipinski definition) is 5. The highest BCUT2D eigenvalue weighted by atomic mass is 32.2. The van der Waals surface area contributed by atoms with Gasteiger partial charge in [-0.15, -0.1) is 0 Å². The Bertz CT molecular complexity index is 884. The lowest BCUT2D eigenvalue weighted by atomic mass is 10.1. The Labute approximate surface area is 144 Å². The first kappa shape index (κ1) is 16.3. The third-order valence-electron chi connectivity index (χ3n) is 4.25. The second-order valence-corrected chi connectivity index (χ2v) is 7.73. The molecule has 1 saturated heterocycles. The fourth-order valence-electron chi connectivity index (χ4n) is 2.91. The van der Waals surface area contributed by atoms with Gasteiger partial charge in [0.25, 0.3) is 0 Å². The Balaban J connectivity index is 1.58. The van der Waals surface area contributed by atoms with Gasteiger partial charge in [-0.3, -0.25) is 0 Å². The summed E-state index contributed by atoms with van der Waals surface area (Å²) in [6.45, 7) is 0.783. The van der Waals surface area contributed by atoms with Crippen LogP contribution in [0.5, 0.6) is 11.5 Å². The Morgan fingerprint density at radius 3 is 2.60 bits per heavy atom. The molecule has 1 unspecified atom stereocenters. The predicted octanol–water partition coefficient (Wildman–Crippen LogP) is 2.32. The van der Waals surface area contributed by atoms with Crippen molar-refractivity contribution in [3.63, 3.8) is 0 Å². The quantitative estimate of drug-likeness (QED) is 0.835. The standard InChI is InChI=1S/C17H16FNO5S/c18-13-3-1-12(2-4-13)17-10-19(7-8-22-17)25(20,21)14-5-6-15-16(9-14)24-11-23-15/h1-6,9,17H,7-8,10-11H2. The van der Waals surface area contributed by atoms with E-state index in [4.69, 9.17) is 14.2 Å². The van der Waals surface area contributed by atoms with Crippen molar-refractivity contribution >= 4 is 10.0 Å². The average Bonchev–Trinajstić information content (AvgIpc) is 3.10. The Hall–Kier alpha value is -2.16. The minimum atomic E-state index is -3.69. The van der Waals surface area contributed by atoms with Crippen molar-refractivity contribution < 1.29 is 27.0 Å². The van der Waals surface area contributed by atoms with Crippen LogP contribution in [0.4, 0.5) is 4.39 Å². The molecule has 25 heavy (non-hydrogen) atoms. The summed E-state index contributed by atoms with van der Waals surface area (Å²) in [7, 11) is -3.69. The summed E-state index contributed by atoms with van der Waals surface area (Å²) in [5.41, 5.74) is 0.743. The van der Waals surface area contributed by atoms with Gasteiger partial charge in [0.2, 0.25) is 16.8 Å². The van der Waals surface area contributed by atoms with Crippen molar-refractivity contribution in [3.05, 3.63) is 53.8 Å². The largest absolute Gasteiger partial charge is 0.454 e. The summed E-state index contributed by atoms with van der Waals surface area (Å²) in [5, 5.41) is 0. The number of fused-ring (bicyclic) bond motifs is 1. The van der Waals surface area contributed by atoms with Gasteiger partial charge >= 0.3 is 0 Å². The van der Waals surface area contributed by atoms with Crippen LogP contribution in [0.1, 0.15) is 11.7 Å². The van der Waals surface area contributed by atoms with Crippen LogP contribution < -0.4 is 9.47 Å². The number of halogens is 1. The van der Waals surface area contributed by atoms with Crippen LogP contribution in [-0.4, -0.2) is 39.2 Å². The molecule has 2 aliphatic heterocycles. The molecule has 2 aromatic carbocycles. The van der Waals surface area contributed by atoms with E-state index < -0.39 is 16.1 Å². The zero-order chi connectivity index (χ0) is 17.4. The Morgan fingerprint density at radius 2 is 1.80 bits per heavy atom. The minimum absolute atomic E-state index is 0.0863. The van der Waals surface area contributed by atoms with Gasteiger partial charge in [-0.1, -0.05) is 12.1 Å². The predicted molar refractivity (Wildman–Crippen MR) is 86.4 cm³/mol. The fourth-order valence-corrected chi connectivity index (χ4v) is 4.35. The normalized spacial score (nSPS) is 20.6. The SMILES string of the molecule is O=S(=O)(c1ccc2c(c1)OCO2)N1CCOC(c2ccc(F)cc2)C1. The van der Waals surface area contributed by atoms with Crippen LogP contribution >= 0.6 is 0 Å². The molecule has 4 rings (SSSR count). The smallest absolute Gasteiger partial charge is 0.243 e. The van der Waals surface area contributed by atoms with Gasteiger partial charge in [-0.25, -0.2) is 12.8 Å². The number of hydrogen-bond donors (Lipinski definition) is 0. The zero-order valence-corrected chi connectivity index (χ0v) is 14.0. The molecule has 1 atom stereocenters. The molecule has 0 amide bonds. The summed E-state index contributed by atoms with van der Waals surface area (Å²) in [6, 6.07) is 10.5. The van der Waals surface area contributed by atoms with Crippen LogP contribution in [0.15, 0.2) is 47.4 Å². The van der Waals surface area contributed by atoms with Gasteiger partial charge in [0.15, 0.2) is 11.5 Å². The summed E-state index contributed by atoms with van der Waals surface area (Å²) >= 11 is 0. The highest BCUT2D eigenvalue weighted by Gasteiger charge is 2.32. The summed E-state index contributed by atoms with van der Waals surface area (Å²) < 4.78 is 56.5. The van der Waals surface area contributed by atoms with Gasteiger partial charge in [0.1, 0.15) is 5.82 Å². The number of benzene rings is 2. The van der Waals surface area contributed by atoms with Crippen molar-refractivity contribution in [1.29, 1.82) is 0 Å². The molecule has 0 bridgehead atoms. The van der Waals surface area contributed by atoms with Crippen LogP contribution in [0.3, 0.4) is 0 Å². The van der Waals surface area contributed by atoms with Crippen LogP contribution in [-0.2, 0) is 14.8 Å². The van der Waals surface area contributed by atoms with E-state index in [9.17, 15) is 12.8 Å². The van der Waals surface area contributed by atoms with Gasteiger partial charge in [0, 0.05) is 19.2 Å². The molecule has 8 heteroatoms. The first-order valence-corrected chi connectivity index (χ1v) is 9.25. The van der Waals surface area contributed by atoms with E-state index in [1.807, 2.05) is 0 Å². The number of nitrogens with zero attached hydrogens (tertiary/aromatic N) is 1. The first-order chi connectivity index (χ1) is 12.0. The lowest BCUT2D eigenvalue weighted by Gasteiger charge is -2.32. The average molecular weight is 365 g/mol. The highest BCUT2D eigenvalue weighted by Crippen LogP contribution is 2.35. The first-order valence-electron chi connectivity index (χ1n) is 7.81. The molecule has 0 aromatic heterocycles. The third-order valence-corrected chi connectivity index (χ3v) is 6.11. The molecule has 132 valence electrons. The van der Waals surface area contributed by atoms with E-state index in [0.717, 1.165) is 5.56 Å². The molecule has 2 heterocycles. The maximum atomic E-state index is 13.1. The molecule has 2 aromatic rings. The minimum Gasteiger partial charge on any atom is -0.454 e. The van der Waals surface area contributed by atoms with Crippen LogP contribution in [0, 0.1) is 5.82 Å². The zero-order valence-electron chi connectivity index (χ0n) is 13.2. The second kappa shape index (κ2) is 6.29. The van der Waals surface area contributed by atoms with E-state index in [1.165, 1.54) is 28.6 Å². The van der Waals surface area contributed by atoms with E-state index in [1.54, 1.807) is 18.2 Å². The molecule has 6 nitrogen and oxygen atoms in total. The number of morpholine rings is 1.